The lowest BCUT2D eigenvalue weighted by molar-refractivity contribution is 0.112. The lowest BCUT2D eigenvalue weighted by Gasteiger charge is -2.04. The maximum atomic E-state index is 10.9. The van der Waals surface area contributed by atoms with E-state index in [0.717, 1.165) is 38.9 Å². The molecule has 0 amide bonds. The number of hydrogen-bond donors (Lipinski definition) is 0. The molecule has 0 N–H and O–H groups in total. The number of aryl methyl sites for hydroxylation is 1. The summed E-state index contributed by atoms with van der Waals surface area (Å²) in [5, 5.41) is 3.72. The first-order valence-corrected chi connectivity index (χ1v) is 5.67. The van der Waals surface area contributed by atoms with Gasteiger partial charge in [0.25, 0.3) is 0 Å². The number of benzene rings is 1. The molecule has 3 heteroatoms. The molecule has 72 valence electrons. The van der Waals surface area contributed by atoms with E-state index in [4.69, 9.17) is 11.6 Å². The van der Waals surface area contributed by atoms with Crippen molar-refractivity contribution in [3.8, 4) is 0 Å². The highest BCUT2D eigenvalue weighted by atomic mass is 35.5. The molecule has 0 saturated heterocycles. The van der Waals surface area contributed by atoms with Crippen molar-refractivity contribution < 1.29 is 4.79 Å². The molecule has 14 heavy (non-hydrogen) atoms. The fourth-order valence-electron chi connectivity index (χ4n) is 1.54. The van der Waals surface area contributed by atoms with Gasteiger partial charge in [0.2, 0.25) is 0 Å². The second kappa shape index (κ2) is 3.71. The minimum Gasteiger partial charge on any atom is -0.298 e. The molecule has 0 saturated carbocycles. The second-order valence-corrected chi connectivity index (χ2v) is 4.37. The summed E-state index contributed by atoms with van der Waals surface area (Å²) in [6.07, 6.45) is 1.75. The molecule has 2 aromatic rings. The highest BCUT2D eigenvalue weighted by Crippen LogP contribution is 2.33. The SMILES string of the molecule is CCc1cc(C=O)c2ccsc2c1Cl. The Bertz CT molecular complexity index is 487. The normalized spacial score (nSPS) is 10.7. The summed E-state index contributed by atoms with van der Waals surface area (Å²) in [4.78, 5) is 10.9. The molecule has 0 fully saturated rings. The van der Waals surface area contributed by atoms with Gasteiger partial charge in [-0.25, -0.2) is 0 Å². The molecule has 0 aliphatic rings. The lowest BCUT2D eigenvalue weighted by Crippen LogP contribution is -1.88. The van der Waals surface area contributed by atoms with Gasteiger partial charge in [-0.2, -0.15) is 0 Å². The van der Waals surface area contributed by atoms with Crippen LogP contribution in [0, 0.1) is 0 Å². The smallest absolute Gasteiger partial charge is 0.150 e. The van der Waals surface area contributed by atoms with Crippen molar-refractivity contribution in [2.24, 2.45) is 0 Å². The molecular formula is C11H9ClOS. The fourth-order valence-corrected chi connectivity index (χ4v) is 2.85. The van der Waals surface area contributed by atoms with Crippen molar-refractivity contribution >= 4 is 39.3 Å². The van der Waals surface area contributed by atoms with E-state index < -0.39 is 0 Å². The van der Waals surface area contributed by atoms with E-state index in [1.165, 1.54) is 0 Å². The quantitative estimate of drug-likeness (QED) is 0.707. The highest BCUT2D eigenvalue weighted by molar-refractivity contribution is 7.18. The van der Waals surface area contributed by atoms with Crippen LogP contribution < -0.4 is 0 Å². The Morgan fingerprint density at radius 1 is 1.57 bits per heavy atom. The van der Waals surface area contributed by atoms with E-state index in [1.807, 2.05) is 24.4 Å². The Kier molecular flexibility index (Phi) is 2.57. The summed E-state index contributed by atoms with van der Waals surface area (Å²) >= 11 is 7.79. The van der Waals surface area contributed by atoms with E-state index in [9.17, 15) is 4.79 Å². The molecule has 0 bridgehead atoms. The summed E-state index contributed by atoms with van der Waals surface area (Å²) in [5.74, 6) is 0. The van der Waals surface area contributed by atoms with Crippen LogP contribution in [0.5, 0.6) is 0 Å². The van der Waals surface area contributed by atoms with Crippen LogP contribution in [0.2, 0.25) is 5.02 Å². The van der Waals surface area contributed by atoms with Gasteiger partial charge in [-0.05, 0) is 29.5 Å². The number of fused-ring (bicyclic) bond motifs is 1. The van der Waals surface area contributed by atoms with E-state index in [0.29, 0.717) is 0 Å². The van der Waals surface area contributed by atoms with Gasteiger partial charge in [-0.15, -0.1) is 11.3 Å². The molecule has 2 rings (SSSR count). The molecule has 0 unspecified atom stereocenters. The van der Waals surface area contributed by atoms with Gasteiger partial charge in [-0.1, -0.05) is 18.5 Å². The number of carbonyl (C=O) groups excluding carboxylic acids is 1. The largest absolute Gasteiger partial charge is 0.298 e. The average Bonchev–Trinajstić information content (AvgIpc) is 2.68. The molecule has 1 aromatic heterocycles. The van der Waals surface area contributed by atoms with Crippen LogP contribution in [0.3, 0.4) is 0 Å². The van der Waals surface area contributed by atoms with Gasteiger partial charge in [0, 0.05) is 10.9 Å². The Balaban J connectivity index is 2.86. The van der Waals surface area contributed by atoms with Gasteiger partial charge in [0.1, 0.15) is 0 Å². The molecular weight excluding hydrogens is 216 g/mol. The summed E-state index contributed by atoms with van der Waals surface area (Å²) in [6.45, 7) is 2.04. The number of halogens is 1. The maximum absolute atomic E-state index is 10.9. The first-order valence-electron chi connectivity index (χ1n) is 4.41. The van der Waals surface area contributed by atoms with E-state index in [-0.39, 0.29) is 0 Å². The van der Waals surface area contributed by atoms with Crippen LogP contribution in [0.4, 0.5) is 0 Å². The molecule has 0 aliphatic carbocycles. The molecule has 0 radical (unpaired) electrons. The van der Waals surface area contributed by atoms with Gasteiger partial charge in [0.15, 0.2) is 6.29 Å². The summed E-state index contributed by atoms with van der Waals surface area (Å²) in [7, 11) is 0. The van der Waals surface area contributed by atoms with E-state index in [2.05, 4.69) is 0 Å². The lowest BCUT2D eigenvalue weighted by atomic mass is 10.1. The molecule has 0 spiro atoms. The third kappa shape index (κ3) is 1.35. The molecule has 0 aliphatic heterocycles. The van der Waals surface area contributed by atoms with Crippen molar-refractivity contribution in [3.05, 3.63) is 33.7 Å². The Morgan fingerprint density at radius 2 is 2.36 bits per heavy atom. The summed E-state index contributed by atoms with van der Waals surface area (Å²) < 4.78 is 1.02. The predicted octanol–water partition coefficient (Wildman–Crippen LogP) is 3.93. The second-order valence-electron chi connectivity index (χ2n) is 3.07. The average molecular weight is 225 g/mol. The number of thiophene rings is 1. The van der Waals surface area contributed by atoms with Gasteiger partial charge in [0.05, 0.1) is 9.72 Å². The van der Waals surface area contributed by atoms with Gasteiger partial charge >= 0.3 is 0 Å². The fraction of sp³-hybridized carbons (Fsp3) is 0.182. The first-order chi connectivity index (χ1) is 6.77. The minimum atomic E-state index is 0.738. The summed E-state index contributed by atoms with van der Waals surface area (Å²) in [6, 6.07) is 3.82. The minimum absolute atomic E-state index is 0.738. The highest BCUT2D eigenvalue weighted by Gasteiger charge is 2.09. The molecule has 0 atom stereocenters. The first kappa shape index (κ1) is 9.69. The molecule has 1 heterocycles. The third-order valence-corrected chi connectivity index (χ3v) is 3.77. The maximum Gasteiger partial charge on any atom is 0.150 e. The van der Waals surface area contributed by atoms with Crippen molar-refractivity contribution in [2.75, 3.05) is 0 Å². The number of aldehydes is 1. The van der Waals surface area contributed by atoms with Crippen LogP contribution >= 0.6 is 22.9 Å². The van der Waals surface area contributed by atoms with Crippen molar-refractivity contribution in [1.82, 2.24) is 0 Å². The van der Waals surface area contributed by atoms with Crippen molar-refractivity contribution in [1.29, 1.82) is 0 Å². The zero-order valence-corrected chi connectivity index (χ0v) is 9.28. The zero-order chi connectivity index (χ0) is 10.1. The van der Waals surface area contributed by atoms with E-state index in [1.54, 1.807) is 11.3 Å². The van der Waals surface area contributed by atoms with Crippen LogP contribution in [-0.2, 0) is 6.42 Å². The van der Waals surface area contributed by atoms with Crippen LogP contribution in [0.1, 0.15) is 22.8 Å². The monoisotopic (exact) mass is 224 g/mol. The zero-order valence-electron chi connectivity index (χ0n) is 7.71. The number of rotatable bonds is 2. The van der Waals surface area contributed by atoms with Crippen molar-refractivity contribution in [3.63, 3.8) is 0 Å². The Morgan fingerprint density at radius 3 is 3.00 bits per heavy atom. The topological polar surface area (TPSA) is 17.1 Å². The van der Waals surface area contributed by atoms with E-state index >= 15 is 0 Å². The van der Waals surface area contributed by atoms with Crippen LogP contribution in [-0.4, -0.2) is 6.29 Å². The number of hydrogen-bond acceptors (Lipinski definition) is 2. The third-order valence-electron chi connectivity index (χ3n) is 2.30. The predicted molar refractivity (Wildman–Crippen MR) is 61.6 cm³/mol. The van der Waals surface area contributed by atoms with Crippen molar-refractivity contribution in [2.45, 2.75) is 13.3 Å². The Hall–Kier alpha value is -0.860. The van der Waals surface area contributed by atoms with Gasteiger partial charge in [-0.3, -0.25) is 4.79 Å². The summed E-state index contributed by atoms with van der Waals surface area (Å²) in [5.41, 5.74) is 1.78. The number of carbonyl (C=O) groups is 1. The van der Waals surface area contributed by atoms with Crippen LogP contribution in [0.15, 0.2) is 17.5 Å². The Labute approximate surface area is 91.3 Å². The van der Waals surface area contributed by atoms with Gasteiger partial charge < -0.3 is 0 Å². The molecule has 1 nitrogen and oxygen atoms in total. The standard InChI is InChI=1S/C11H9ClOS/c1-2-7-5-8(6-13)9-3-4-14-11(9)10(7)12/h3-6H,2H2,1H3. The van der Waals surface area contributed by atoms with Crippen LogP contribution in [0.25, 0.3) is 10.1 Å². The molecule has 1 aromatic carbocycles.